The second-order valence-corrected chi connectivity index (χ2v) is 6.11. The minimum absolute atomic E-state index is 0.0119. The zero-order valence-corrected chi connectivity index (χ0v) is 14.7. The summed E-state index contributed by atoms with van der Waals surface area (Å²) < 4.78 is 5.31. The highest BCUT2D eigenvalue weighted by Crippen LogP contribution is 2.11. The maximum absolute atomic E-state index is 12.3. The monoisotopic (exact) mass is 336 g/mol. The molecule has 1 saturated heterocycles. The number of ether oxygens (including phenoxy) is 1. The minimum Gasteiger partial charge on any atom is -0.378 e. The summed E-state index contributed by atoms with van der Waals surface area (Å²) in [5.41, 5.74) is 1.14. The lowest BCUT2D eigenvalue weighted by Crippen LogP contribution is -2.38. The number of rotatable bonds is 8. The van der Waals surface area contributed by atoms with E-state index in [1.807, 2.05) is 11.8 Å². The van der Waals surface area contributed by atoms with Crippen molar-refractivity contribution in [1.29, 1.82) is 0 Å². The molecule has 2 heterocycles. The maximum atomic E-state index is 12.3. The summed E-state index contributed by atoms with van der Waals surface area (Å²) in [6.45, 7) is 7.39. The number of hydrogen-bond donors (Lipinski definition) is 2. The van der Waals surface area contributed by atoms with Crippen LogP contribution in [0.1, 0.15) is 43.9 Å². The number of nitrogens with zero attached hydrogens (tertiary/aromatic N) is 2. The van der Waals surface area contributed by atoms with Crippen molar-refractivity contribution < 1.29 is 9.53 Å². The first kappa shape index (κ1) is 18.4. The number of H-pyrrole nitrogens is 1. The van der Waals surface area contributed by atoms with Crippen molar-refractivity contribution in [1.82, 2.24) is 15.3 Å². The van der Waals surface area contributed by atoms with Crippen LogP contribution in [0, 0.1) is 6.92 Å². The van der Waals surface area contributed by atoms with Gasteiger partial charge < -0.3 is 15.0 Å². The van der Waals surface area contributed by atoms with Crippen molar-refractivity contribution in [2.45, 2.75) is 46.0 Å². The quantitative estimate of drug-likeness (QED) is 0.696. The largest absolute Gasteiger partial charge is 0.378 e. The second-order valence-electron chi connectivity index (χ2n) is 6.11. The van der Waals surface area contributed by atoms with Gasteiger partial charge in [-0.25, -0.2) is 4.98 Å². The summed E-state index contributed by atoms with van der Waals surface area (Å²) in [7, 11) is 0. The summed E-state index contributed by atoms with van der Waals surface area (Å²) >= 11 is 0. The fourth-order valence-corrected chi connectivity index (χ4v) is 2.74. The molecule has 0 radical (unpaired) electrons. The van der Waals surface area contributed by atoms with Crippen LogP contribution in [0.3, 0.4) is 0 Å². The predicted octanol–water partition coefficient (Wildman–Crippen LogP) is 1.15. The van der Waals surface area contributed by atoms with E-state index in [0.29, 0.717) is 49.8 Å². The summed E-state index contributed by atoms with van der Waals surface area (Å²) in [6.07, 6.45) is 3.97. The molecule has 0 unspecified atom stereocenters. The Balaban J connectivity index is 1.91. The number of aromatic amines is 1. The van der Waals surface area contributed by atoms with E-state index in [-0.39, 0.29) is 11.5 Å². The predicted molar refractivity (Wildman–Crippen MR) is 93.5 cm³/mol. The van der Waals surface area contributed by atoms with Crippen LogP contribution in [0.25, 0.3) is 0 Å². The van der Waals surface area contributed by atoms with E-state index in [1.165, 1.54) is 0 Å². The fraction of sp³-hybridized carbons (Fsp3) is 0.706. The van der Waals surface area contributed by atoms with Crippen molar-refractivity contribution in [3.63, 3.8) is 0 Å². The van der Waals surface area contributed by atoms with Crippen LogP contribution >= 0.6 is 0 Å². The fourth-order valence-electron chi connectivity index (χ4n) is 2.74. The summed E-state index contributed by atoms with van der Waals surface area (Å²) in [5, 5.41) is 2.90. The molecule has 0 atom stereocenters. The number of carbonyl (C=O) groups excluding carboxylic acids is 1. The van der Waals surface area contributed by atoms with Gasteiger partial charge >= 0.3 is 0 Å². The molecule has 134 valence electrons. The molecule has 0 saturated carbocycles. The average Bonchev–Trinajstić information content (AvgIpc) is 2.58. The summed E-state index contributed by atoms with van der Waals surface area (Å²) in [5.74, 6) is 0.579. The zero-order valence-electron chi connectivity index (χ0n) is 14.7. The summed E-state index contributed by atoms with van der Waals surface area (Å²) in [6, 6.07) is 0. The Morgan fingerprint density at radius 1 is 1.33 bits per heavy atom. The molecule has 0 aromatic carbocycles. The van der Waals surface area contributed by atoms with Crippen molar-refractivity contribution in [3.05, 3.63) is 21.6 Å². The molecule has 2 rings (SSSR count). The van der Waals surface area contributed by atoms with Gasteiger partial charge in [0, 0.05) is 37.3 Å². The molecule has 1 fully saturated rings. The van der Waals surface area contributed by atoms with Gasteiger partial charge in [-0.3, -0.25) is 14.6 Å². The van der Waals surface area contributed by atoms with E-state index in [9.17, 15) is 9.59 Å². The molecule has 24 heavy (non-hydrogen) atoms. The number of aromatic nitrogens is 2. The first-order chi connectivity index (χ1) is 11.6. The van der Waals surface area contributed by atoms with Crippen molar-refractivity contribution in [3.8, 4) is 0 Å². The van der Waals surface area contributed by atoms with Crippen LogP contribution < -0.4 is 15.8 Å². The lowest BCUT2D eigenvalue weighted by molar-refractivity contribution is -0.121. The van der Waals surface area contributed by atoms with Gasteiger partial charge in [0.25, 0.3) is 5.56 Å². The zero-order chi connectivity index (χ0) is 17.4. The molecule has 1 aromatic rings. The third-order valence-corrected chi connectivity index (χ3v) is 4.22. The van der Waals surface area contributed by atoms with Crippen LogP contribution in [0.5, 0.6) is 0 Å². The van der Waals surface area contributed by atoms with Gasteiger partial charge in [0.15, 0.2) is 0 Å². The van der Waals surface area contributed by atoms with E-state index in [4.69, 9.17) is 4.74 Å². The molecule has 1 aliphatic heterocycles. The number of unbranched alkanes of at least 4 members (excludes halogenated alkanes) is 2. The number of morpholine rings is 1. The Kier molecular flexibility index (Phi) is 7.24. The van der Waals surface area contributed by atoms with Crippen LogP contribution in [-0.2, 0) is 16.0 Å². The number of hydrogen-bond acceptors (Lipinski definition) is 5. The standard InChI is InChI=1S/C17H28N4O3/c1-3-4-5-8-18-15(22)7-6-14-13(2)19-17(20-16(14)23)21-9-11-24-12-10-21/h3-12H2,1-2H3,(H,18,22)(H,19,20,23). The Labute approximate surface area is 142 Å². The highest BCUT2D eigenvalue weighted by atomic mass is 16.5. The first-order valence-corrected chi connectivity index (χ1v) is 8.81. The van der Waals surface area contributed by atoms with Gasteiger partial charge in [-0.1, -0.05) is 19.8 Å². The van der Waals surface area contributed by atoms with Crippen molar-refractivity contribution in [2.75, 3.05) is 37.7 Å². The number of carbonyl (C=O) groups is 1. The van der Waals surface area contributed by atoms with Gasteiger partial charge in [-0.05, 0) is 19.8 Å². The van der Waals surface area contributed by atoms with Crippen molar-refractivity contribution in [2.24, 2.45) is 0 Å². The molecule has 0 bridgehead atoms. The SMILES string of the molecule is CCCCCNC(=O)CCc1c(C)nc(N2CCOCC2)[nH]c1=O. The third-order valence-electron chi connectivity index (χ3n) is 4.22. The van der Waals surface area contributed by atoms with Gasteiger partial charge in [0.2, 0.25) is 11.9 Å². The molecule has 1 aromatic heterocycles. The number of anilines is 1. The van der Waals surface area contributed by atoms with E-state index in [2.05, 4.69) is 22.2 Å². The van der Waals surface area contributed by atoms with Gasteiger partial charge in [0.05, 0.1) is 13.2 Å². The van der Waals surface area contributed by atoms with Gasteiger partial charge in [0.1, 0.15) is 0 Å². The van der Waals surface area contributed by atoms with Crippen LogP contribution in [0.4, 0.5) is 5.95 Å². The molecular formula is C17H28N4O3. The van der Waals surface area contributed by atoms with E-state index >= 15 is 0 Å². The van der Waals surface area contributed by atoms with E-state index in [1.54, 1.807) is 0 Å². The van der Waals surface area contributed by atoms with Crippen LogP contribution in [0.15, 0.2) is 4.79 Å². The molecule has 0 spiro atoms. The molecule has 7 heteroatoms. The Morgan fingerprint density at radius 3 is 2.75 bits per heavy atom. The van der Waals surface area contributed by atoms with E-state index in [0.717, 1.165) is 32.4 Å². The van der Waals surface area contributed by atoms with Crippen LogP contribution in [-0.4, -0.2) is 48.7 Å². The third kappa shape index (κ3) is 5.33. The average molecular weight is 336 g/mol. The number of amides is 1. The minimum atomic E-state index is -0.150. The molecule has 2 N–H and O–H groups in total. The lowest BCUT2D eigenvalue weighted by Gasteiger charge is -2.27. The molecule has 0 aliphatic carbocycles. The van der Waals surface area contributed by atoms with Gasteiger partial charge in [-0.15, -0.1) is 0 Å². The Morgan fingerprint density at radius 2 is 2.08 bits per heavy atom. The van der Waals surface area contributed by atoms with Crippen LogP contribution in [0.2, 0.25) is 0 Å². The number of nitrogens with one attached hydrogen (secondary N) is 2. The summed E-state index contributed by atoms with van der Waals surface area (Å²) in [4.78, 5) is 33.5. The first-order valence-electron chi connectivity index (χ1n) is 8.81. The Bertz CT molecular complexity index is 594. The lowest BCUT2D eigenvalue weighted by atomic mass is 10.1. The Hall–Kier alpha value is -1.89. The molecule has 1 amide bonds. The maximum Gasteiger partial charge on any atom is 0.255 e. The topological polar surface area (TPSA) is 87.3 Å². The normalized spacial score (nSPS) is 14.7. The van der Waals surface area contributed by atoms with Crippen molar-refractivity contribution >= 4 is 11.9 Å². The second kappa shape index (κ2) is 9.42. The smallest absolute Gasteiger partial charge is 0.255 e. The van der Waals surface area contributed by atoms with E-state index < -0.39 is 0 Å². The molecule has 1 aliphatic rings. The molecular weight excluding hydrogens is 308 g/mol. The van der Waals surface area contributed by atoms with Gasteiger partial charge in [-0.2, -0.15) is 0 Å². The highest BCUT2D eigenvalue weighted by Gasteiger charge is 2.16. The number of aryl methyl sites for hydroxylation is 1. The molecule has 7 nitrogen and oxygen atoms in total. The highest BCUT2D eigenvalue weighted by molar-refractivity contribution is 5.76.